The number of amides is 5. The molecule has 0 saturated carbocycles. The third kappa shape index (κ3) is 4.40. The molecule has 2 aromatic rings. The molecule has 0 aliphatic carbocycles. The summed E-state index contributed by atoms with van der Waals surface area (Å²) >= 11 is 0. The second-order valence-corrected chi connectivity index (χ2v) is 7.67. The van der Waals surface area contributed by atoms with Gasteiger partial charge in [0.1, 0.15) is 12.6 Å². The average Bonchev–Trinajstić information content (AvgIpc) is 3.07. The number of anilines is 1. The van der Waals surface area contributed by atoms with E-state index in [-0.39, 0.29) is 30.6 Å². The fourth-order valence-corrected chi connectivity index (χ4v) is 3.83. The molecule has 1 saturated heterocycles. The number of piperidine rings is 1. The zero-order valence-corrected chi connectivity index (χ0v) is 17.8. The summed E-state index contributed by atoms with van der Waals surface area (Å²) in [5.41, 5.74) is 2.64. The van der Waals surface area contributed by atoms with Crippen molar-refractivity contribution in [2.45, 2.75) is 32.0 Å². The van der Waals surface area contributed by atoms with E-state index in [4.69, 9.17) is 4.74 Å². The lowest BCUT2D eigenvalue weighted by atomic mass is 10.0. The van der Waals surface area contributed by atoms with E-state index in [1.54, 1.807) is 18.2 Å². The smallest absolute Gasteiger partial charge is 0.407 e. The van der Waals surface area contributed by atoms with E-state index in [1.807, 2.05) is 24.3 Å². The monoisotopic (exact) mass is 450 g/mol. The number of carbonyl (C=O) groups is 5. The fourth-order valence-electron chi connectivity index (χ4n) is 3.83. The first-order valence-corrected chi connectivity index (χ1v) is 10.4. The molecule has 1 fully saturated rings. The molecule has 2 heterocycles. The minimum absolute atomic E-state index is 0.0685. The molecule has 0 bridgehead atoms. The molecule has 10 heteroatoms. The van der Waals surface area contributed by atoms with Crippen LogP contribution in [0.1, 0.15) is 44.7 Å². The standard InChI is InChI=1S/C23H22N4O6/c1-24-23(32)33-12-14-7-5-13(6-8-14)11-25-16-4-2-3-15-19(16)22(31)27(21(15)30)17-9-10-18(28)26-20(17)29/h2-8,17,25H,9-12H2,1H3,(H,24,32)(H,26,28,29). The van der Waals surface area contributed by atoms with Crippen LogP contribution in [0.15, 0.2) is 42.5 Å². The molecule has 2 aromatic carbocycles. The summed E-state index contributed by atoms with van der Waals surface area (Å²) in [6, 6.07) is 11.3. The predicted molar refractivity (Wildman–Crippen MR) is 116 cm³/mol. The Kier molecular flexibility index (Phi) is 6.07. The Morgan fingerprint density at radius 3 is 2.48 bits per heavy atom. The van der Waals surface area contributed by atoms with Crippen LogP contribution in [0.4, 0.5) is 10.5 Å². The van der Waals surface area contributed by atoms with Crippen LogP contribution < -0.4 is 16.0 Å². The van der Waals surface area contributed by atoms with E-state index >= 15 is 0 Å². The zero-order chi connectivity index (χ0) is 23.5. The van der Waals surface area contributed by atoms with Gasteiger partial charge in [0.25, 0.3) is 11.8 Å². The van der Waals surface area contributed by atoms with Crippen molar-refractivity contribution in [1.29, 1.82) is 0 Å². The number of carbonyl (C=O) groups excluding carboxylic acids is 5. The molecule has 0 radical (unpaired) electrons. The zero-order valence-electron chi connectivity index (χ0n) is 17.8. The molecule has 0 spiro atoms. The summed E-state index contributed by atoms with van der Waals surface area (Å²) in [4.78, 5) is 61.8. The van der Waals surface area contributed by atoms with E-state index in [9.17, 15) is 24.0 Å². The van der Waals surface area contributed by atoms with Crippen molar-refractivity contribution in [2.24, 2.45) is 0 Å². The summed E-state index contributed by atoms with van der Waals surface area (Å²) in [7, 11) is 1.49. The number of ether oxygens (including phenoxy) is 1. The lowest BCUT2D eigenvalue weighted by Gasteiger charge is -2.27. The van der Waals surface area contributed by atoms with E-state index < -0.39 is 35.8 Å². The highest BCUT2D eigenvalue weighted by atomic mass is 16.5. The second kappa shape index (κ2) is 9.11. The number of hydrogen-bond donors (Lipinski definition) is 3. The Morgan fingerprint density at radius 2 is 1.79 bits per heavy atom. The topological polar surface area (TPSA) is 134 Å². The lowest BCUT2D eigenvalue weighted by Crippen LogP contribution is -2.54. The van der Waals surface area contributed by atoms with Gasteiger partial charge in [-0.1, -0.05) is 30.3 Å². The lowest BCUT2D eigenvalue weighted by molar-refractivity contribution is -0.136. The Bertz CT molecular complexity index is 1140. The largest absolute Gasteiger partial charge is 0.445 e. The number of nitrogens with one attached hydrogen (secondary N) is 3. The summed E-state index contributed by atoms with van der Waals surface area (Å²) in [6.45, 7) is 0.527. The van der Waals surface area contributed by atoms with Crippen LogP contribution in [-0.2, 0) is 27.5 Å². The molecule has 33 heavy (non-hydrogen) atoms. The number of alkyl carbamates (subject to hydrolysis) is 1. The molecule has 170 valence electrons. The molecule has 3 N–H and O–H groups in total. The van der Waals surface area contributed by atoms with Gasteiger partial charge in [-0.2, -0.15) is 0 Å². The van der Waals surface area contributed by atoms with Crippen molar-refractivity contribution in [1.82, 2.24) is 15.5 Å². The Hall–Kier alpha value is -4.21. The Labute approximate surface area is 189 Å². The first-order chi connectivity index (χ1) is 15.9. The third-order valence-electron chi connectivity index (χ3n) is 5.55. The molecule has 4 rings (SSSR count). The number of rotatable bonds is 6. The SMILES string of the molecule is CNC(=O)OCc1ccc(CNc2cccc3c2C(=O)N(C2CCC(=O)NC2=O)C3=O)cc1. The highest BCUT2D eigenvalue weighted by Crippen LogP contribution is 2.32. The minimum Gasteiger partial charge on any atom is -0.445 e. The van der Waals surface area contributed by atoms with Crippen molar-refractivity contribution >= 4 is 35.4 Å². The highest BCUT2D eigenvalue weighted by molar-refractivity contribution is 6.25. The molecule has 1 atom stereocenters. The van der Waals surface area contributed by atoms with Gasteiger partial charge in [-0.3, -0.25) is 29.4 Å². The maximum Gasteiger partial charge on any atom is 0.407 e. The molecule has 10 nitrogen and oxygen atoms in total. The summed E-state index contributed by atoms with van der Waals surface area (Å²) in [5, 5.41) is 7.75. The molecule has 0 aromatic heterocycles. The van der Waals surface area contributed by atoms with E-state index in [0.717, 1.165) is 16.0 Å². The van der Waals surface area contributed by atoms with E-state index in [2.05, 4.69) is 16.0 Å². The number of hydrogen-bond acceptors (Lipinski definition) is 7. The molecule has 5 amide bonds. The second-order valence-electron chi connectivity index (χ2n) is 7.67. The van der Waals surface area contributed by atoms with Gasteiger partial charge in [-0.25, -0.2) is 4.79 Å². The molecule has 1 unspecified atom stereocenters. The van der Waals surface area contributed by atoms with Crippen LogP contribution in [0.25, 0.3) is 0 Å². The third-order valence-corrected chi connectivity index (χ3v) is 5.55. The predicted octanol–water partition coefficient (Wildman–Crippen LogP) is 1.56. The molecule has 2 aliphatic rings. The summed E-state index contributed by atoms with van der Waals surface area (Å²) < 4.78 is 5.01. The summed E-state index contributed by atoms with van der Waals surface area (Å²) in [5.74, 6) is -2.17. The van der Waals surface area contributed by atoms with Gasteiger partial charge in [0, 0.05) is 25.7 Å². The van der Waals surface area contributed by atoms with E-state index in [1.165, 1.54) is 7.05 Å². The van der Waals surface area contributed by atoms with Crippen molar-refractivity contribution in [3.8, 4) is 0 Å². The van der Waals surface area contributed by atoms with Crippen LogP contribution in [-0.4, -0.2) is 47.7 Å². The van der Waals surface area contributed by atoms with Crippen molar-refractivity contribution in [3.63, 3.8) is 0 Å². The van der Waals surface area contributed by atoms with Crippen molar-refractivity contribution < 1.29 is 28.7 Å². The van der Waals surface area contributed by atoms with Crippen LogP contribution in [0.3, 0.4) is 0 Å². The molecular weight excluding hydrogens is 428 g/mol. The number of benzene rings is 2. The summed E-state index contributed by atoms with van der Waals surface area (Å²) in [6.07, 6.45) is -0.335. The average molecular weight is 450 g/mol. The maximum absolute atomic E-state index is 13.1. The fraction of sp³-hybridized carbons (Fsp3) is 0.261. The molecular formula is C23H22N4O6. The van der Waals surface area contributed by atoms with Crippen LogP contribution in [0.2, 0.25) is 0 Å². The number of imide groups is 2. The van der Waals surface area contributed by atoms with Crippen LogP contribution in [0, 0.1) is 0 Å². The Morgan fingerprint density at radius 1 is 1.06 bits per heavy atom. The van der Waals surface area contributed by atoms with Crippen molar-refractivity contribution in [3.05, 3.63) is 64.7 Å². The van der Waals surface area contributed by atoms with Crippen LogP contribution in [0.5, 0.6) is 0 Å². The normalized spacial score (nSPS) is 17.5. The minimum atomic E-state index is -1.01. The first kappa shape index (κ1) is 22.0. The van der Waals surface area contributed by atoms with Gasteiger partial charge in [-0.05, 0) is 29.7 Å². The van der Waals surface area contributed by atoms with E-state index in [0.29, 0.717) is 12.2 Å². The molecule has 2 aliphatic heterocycles. The van der Waals surface area contributed by atoms with Gasteiger partial charge in [0.2, 0.25) is 11.8 Å². The maximum atomic E-state index is 13.1. The highest BCUT2D eigenvalue weighted by Gasteiger charge is 2.45. The van der Waals surface area contributed by atoms with Crippen molar-refractivity contribution in [2.75, 3.05) is 12.4 Å². The number of fused-ring (bicyclic) bond motifs is 1. The van der Waals surface area contributed by atoms with Gasteiger partial charge in [-0.15, -0.1) is 0 Å². The quantitative estimate of drug-likeness (QED) is 0.569. The van der Waals surface area contributed by atoms with Gasteiger partial charge < -0.3 is 15.4 Å². The van der Waals surface area contributed by atoms with Gasteiger partial charge in [0.05, 0.1) is 11.1 Å². The first-order valence-electron chi connectivity index (χ1n) is 10.4. The van der Waals surface area contributed by atoms with Gasteiger partial charge in [0.15, 0.2) is 0 Å². The van der Waals surface area contributed by atoms with Crippen LogP contribution >= 0.6 is 0 Å². The van der Waals surface area contributed by atoms with Gasteiger partial charge >= 0.3 is 6.09 Å². The Balaban J connectivity index is 1.46. The number of nitrogens with zero attached hydrogens (tertiary/aromatic N) is 1.